The fraction of sp³-hybridized carbons (Fsp3) is 0.143. The van der Waals surface area contributed by atoms with Gasteiger partial charge in [-0.1, -0.05) is 36.1 Å². The number of carbonyl (C=O) groups is 3. The van der Waals surface area contributed by atoms with Crippen molar-refractivity contribution in [3.63, 3.8) is 0 Å². The Morgan fingerprint density at radius 2 is 1.97 bits per heavy atom. The number of thiocarbonyl (C=S) groups is 1. The zero-order valence-electron chi connectivity index (χ0n) is 16.0. The number of nitrogens with zero attached hydrogens (tertiary/aromatic N) is 1. The number of hydrogen-bond acceptors (Lipinski definition) is 7. The Balaban J connectivity index is 1.63. The van der Waals surface area contributed by atoms with E-state index < -0.39 is 11.9 Å². The molecule has 0 unspecified atom stereocenters. The van der Waals surface area contributed by atoms with Crippen LogP contribution in [-0.2, 0) is 14.3 Å². The van der Waals surface area contributed by atoms with Gasteiger partial charge in [0.1, 0.15) is 16.6 Å². The lowest BCUT2D eigenvalue weighted by Crippen LogP contribution is -2.36. The van der Waals surface area contributed by atoms with Gasteiger partial charge >= 0.3 is 5.97 Å². The number of benzene rings is 2. The third kappa shape index (κ3) is 5.25. The minimum absolute atomic E-state index is 0.0904. The monoisotopic (exact) mass is 442 g/mol. The lowest BCUT2D eigenvalue weighted by molar-refractivity contribution is -0.126. The number of rotatable bonds is 6. The number of aromatic hydroxyl groups is 1. The maximum atomic E-state index is 12.6. The second-order valence-corrected chi connectivity index (χ2v) is 7.88. The Morgan fingerprint density at radius 3 is 2.63 bits per heavy atom. The van der Waals surface area contributed by atoms with Crippen LogP contribution in [-0.4, -0.2) is 45.3 Å². The average molecular weight is 443 g/mol. The van der Waals surface area contributed by atoms with Crippen molar-refractivity contribution in [1.82, 2.24) is 4.90 Å². The van der Waals surface area contributed by atoms with Crippen molar-refractivity contribution in [3.05, 3.63) is 64.6 Å². The fourth-order valence-electron chi connectivity index (χ4n) is 2.65. The van der Waals surface area contributed by atoms with E-state index in [2.05, 4.69) is 5.32 Å². The van der Waals surface area contributed by atoms with E-state index in [1.165, 1.54) is 17.0 Å². The lowest BCUT2D eigenvalue weighted by Gasteiger charge is -2.14. The van der Waals surface area contributed by atoms with Gasteiger partial charge in [-0.25, -0.2) is 4.79 Å². The summed E-state index contributed by atoms with van der Waals surface area (Å²) in [6.45, 7) is 1.77. The number of carbonyl (C=O) groups excluding carboxylic acids is 3. The van der Waals surface area contributed by atoms with Gasteiger partial charge in [0.2, 0.25) is 5.91 Å². The van der Waals surface area contributed by atoms with Crippen molar-refractivity contribution >= 4 is 57.8 Å². The summed E-state index contributed by atoms with van der Waals surface area (Å²) in [5.41, 5.74) is 1.51. The Kier molecular flexibility index (Phi) is 6.86. The molecule has 0 aromatic heterocycles. The molecule has 1 aliphatic heterocycles. The van der Waals surface area contributed by atoms with Crippen molar-refractivity contribution in [3.8, 4) is 5.75 Å². The van der Waals surface area contributed by atoms with Crippen LogP contribution in [0.4, 0.5) is 5.69 Å². The molecule has 154 valence electrons. The van der Waals surface area contributed by atoms with E-state index in [9.17, 15) is 19.5 Å². The molecular weight excluding hydrogens is 424 g/mol. The van der Waals surface area contributed by atoms with Crippen LogP contribution in [0, 0.1) is 0 Å². The molecule has 2 aromatic carbocycles. The Bertz CT molecular complexity index is 1030. The molecule has 2 N–H and O–H groups in total. The molecule has 1 aliphatic rings. The maximum absolute atomic E-state index is 12.6. The average Bonchev–Trinajstić information content (AvgIpc) is 2.96. The van der Waals surface area contributed by atoms with E-state index in [0.717, 1.165) is 11.8 Å². The summed E-state index contributed by atoms with van der Waals surface area (Å²) in [5, 5.41) is 12.2. The number of phenolic OH excluding ortho intramolecular Hbond substituents is 1. The van der Waals surface area contributed by atoms with Crippen molar-refractivity contribution in [2.45, 2.75) is 6.92 Å². The normalized spacial score (nSPS) is 14.8. The predicted octanol–water partition coefficient (Wildman–Crippen LogP) is 3.41. The zero-order chi connectivity index (χ0) is 21.7. The number of hydrogen-bond donors (Lipinski definition) is 2. The standard InChI is InChI=1S/C21H18N2O5S2/c1-2-28-20(27)14-6-8-15(9-7-14)22-18(25)12-23-19(26)17(30-21(23)29)11-13-4-3-5-16(24)10-13/h3-11,24H,2,12H2,1H3,(H,22,25)/b17-11-. The number of esters is 1. The van der Waals surface area contributed by atoms with Crippen molar-refractivity contribution in [2.75, 3.05) is 18.5 Å². The number of thioether (sulfide) groups is 1. The summed E-state index contributed by atoms with van der Waals surface area (Å²) in [7, 11) is 0. The number of ether oxygens (including phenoxy) is 1. The molecule has 30 heavy (non-hydrogen) atoms. The first-order valence-electron chi connectivity index (χ1n) is 8.99. The lowest BCUT2D eigenvalue weighted by atomic mass is 10.2. The summed E-state index contributed by atoms with van der Waals surface area (Å²) >= 11 is 6.33. The minimum Gasteiger partial charge on any atom is -0.508 e. The highest BCUT2D eigenvalue weighted by molar-refractivity contribution is 8.26. The molecule has 3 rings (SSSR count). The van der Waals surface area contributed by atoms with Crippen molar-refractivity contribution in [1.29, 1.82) is 0 Å². The third-order valence-electron chi connectivity index (χ3n) is 4.02. The number of nitrogens with one attached hydrogen (secondary N) is 1. The van der Waals surface area contributed by atoms with Crippen molar-refractivity contribution < 1.29 is 24.2 Å². The first kappa shape index (κ1) is 21.5. The summed E-state index contributed by atoms with van der Waals surface area (Å²) in [5.74, 6) is -1.14. The highest BCUT2D eigenvalue weighted by atomic mass is 32.2. The molecule has 0 atom stereocenters. The second-order valence-electron chi connectivity index (χ2n) is 6.21. The molecule has 9 heteroatoms. The van der Waals surface area contributed by atoms with Gasteiger partial charge in [-0.15, -0.1) is 0 Å². The van der Waals surface area contributed by atoms with Gasteiger partial charge in [-0.2, -0.15) is 0 Å². The summed E-state index contributed by atoms with van der Waals surface area (Å²) in [4.78, 5) is 38.3. The molecule has 1 fully saturated rings. The van der Waals surface area contributed by atoms with Gasteiger partial charge in [0.25, 0.3) is 5.91 Å². The predicted molar refractivity (Wildman–Crippen MR) is 119 cm³/mol. The minimum atomic E-state index is -0.438. The van der Waals surface area contributed by atoms with Crippen LogP contribution in [0.3, 0.4) is 0 Å². The van der Waals surface area contributed by atoms with E-state index in [4.69, 9.17) is 17.0 Å². The van der Waals surface area contributed by atoms with Gasteiger partial charge in [0.05, 0.1) is 17.1 Å². The molecule has 1 heterocycles. The molecule has 2 aromatic rings. The van der Waals surface area contributed by atoms with Crippen LogP contribution in [0.15, 0.2) is 53.4 Å². The Hall–Kier alpha value is -3.17. The van der Waals surface area contributed by atoms with Crippen molar-refractivity contribution in [2.24, 2.45) is 0 Å². The number of phenols is 1. The van der Waals surface area contributed by atoms with Gasteiger partial charge in [-0.3, -0.25) is 14.5 Å². The highest BCUT2D eigenvalue weighted by Crippen LogP contribution is 2.32. The number of anilines is 1. The summed E-state index contributed by atoms with van der Waals surface area (Å²) in [6.07, 6.45) is 1.62. The Labute approximate surface area is 182 Å². The molecular formula is C21H18N2O5S2. The topological polar surface area (TPSA) is 95.9 Å². The van der Waals surface area contributed by atoms with E-state index >= 15 is 0 Å². The largest absolute Gasteiger partial charge is 0.508 e. The first-order valence-corrected chi connectivity index (χ1v) is 10.2. The number of amides is 2. The molecule has 1 saturated heterocycles. The summed E-state index contributed by atoms with van der Waals surface area (Å²) in [6, 6.07) is 12.7. The molecule has 0 aliphatic carbocycles. The molecule has 0 spiro atoms. The van der Waals surface area contributed by atoms with E-state index in [-0.39, 0.29) is 29.1 Å². The first-order chi connectivity index (χ1) is 14.4. The van der Waals surface area contributed by atoms with Gasteiger partial charge in [0, 0.05) is 5.69 Å². The van der Waals surface area contributed by atoms with Gasteiger partial charge in [-0.05, 0) is 55.0 Å². The fourth-order valence-corrected chi connectivity index (χ4v) is 3.91. The van der Waals surface area contributed by atoms with E-state index in [1.54, 1.807) is 49.4 Å². The molecule has 0 radical (unpaired) electrons. The highest BCUT2D eigenvalue weighted by Gasteiger charge is 2.33. The van der Waals surface area contributed by atoms with Crippen LogP contribution in [0.2, 0.25) is 0 Å². The third-order valence-corrected chi connectivity index (χ3v) is 5.40. The van der Waals surface area contributed by atoms with Crippen LogP contribution in [0.1, 0.15) is 22.8 Å². The van der Waals surface area contributed by atoms with Gasteiger partial charge in [0.15, 0.2) is 0 Å². The van der Waals surface area contributed by atoms with E-state index in [0.29, 0.717) is 21.7 Å². The smallest absolute Gasteiger partial charge is 0.338 e. The maximum Gasteiger partial charge on any atom is 0.338 e. The second kappa shape index (κ2) is 9.55. The van der Waals surface area contributed by atoms with Crippen LogP contribution >= 0.6 is 24.0 Å². The van der Waals surface area contributed by atoms with Crippen LogP contribution < -0.4 is 5.32 Å². The quantitative estimate of drug-likeness (QED) is 0.402. The molecule has 7 nitrogen and oxygen atoms in total. The molecule has 2 amide bonds. The summed E-state index contributed by atoms with van der Waals surface area (Å²) < 4.78 is 5.19. The SMILES string of the molecule is CCOC(=O)c1ccc(NC(=O)CN2C(=O)/C(=C/c3cccc(O)c3)SC2=S)cc1. The van der Waals surface area contributed by atoms with Gasteiger partial charge < -0.3 is 15.2 Å². The van der Waals surface area contributed by atoms with E-state index in [1.807, 2.05) is 0 Å². The van der Waals surface area contributed by atoms with Crippen LogP contribution in [0.25, 0.3) is 6.08 Å². The zero-order valence-corrected chi connectivity index (χ0v) is 17.6. The van der Waals surface area contributed by atoms with Crippen LogP contribution in [0.5, 0.6) is 5.75 Å². The molecule has 0 bridgehead atoms. The Morgan fingerprint density at radius 1 is 1.23 bits per heavy atom. The molecule has 0 saturated carbocycles.